The number of benzene rings is 1. The van der Waals surface area contributed by atoms with Gasteiger partial charge in [0.2, 0.25) is 0 Å². The number of aromatic nitrogens is 1. The van der Waals surface area contributed by atoms with Crippen LogP contribution in [0, 0.1) is 0 Å². The topological polar surface area (TPSA) is 28.2 Å². The highest BCUT2D eigenvalue weighted by atomic mass is 32.1. The molecular formula is C16H21N3S. The van der Waals surface area contributed by atoms with Gasteiger partial charge in [-0.05, 0) is 31.0 Å². The van der Waals surface area contributed by atoms with Crippen LogP contribution >= 0.6 is 11.3 Å². The zero-order valence-electron chi connectivity index (χ0n) is 11.8. The third-order valence-electron chi connectivity index (χ3n) is 4.87. The fourth-order valence-corrected chi connectivity index (χ4v) is 4.49. The smallest absolute Gasteiger partial charge is 0.0813 e. The average molecular weight is 287 g/mol. The molecule has 0 atom stereocenters. The van der Waals surface area contributed by atoms with Gasteiger partial charge in [0.15, 0.2) is 0 Å². The Morgan fingerprint density at radius 1 is 1.20 bits per heavy atom. The van der Waals surface area contributed by atoms with E-state index in [1.165, 1.54) is 42.5 Å². The number of piperazine rings is 1. The highest BCUT2D eigenvalue weighted by Crippen LogP contribution is 2.33. The van der Waals surface area contributed by atoms with Crippen molar-refractivity contribution in [2.75, 3.05) is 24.5 Å². The molecule has 1 N–H and O–H groups in total. The molecule has 106 valence electrons. The molecule has 1 saturated carbocycles. The van der Waals surface area contributed by atoms with E-state index in [-0.39, 0.29) is 0 Å². The first-order valence-corrected chi connectivity index (χ1v) is 8.56. The summed E-state index contributed by atoms with van der Waals surface area (Å²) in [6.45, 7) is 3.39. The second-order valence-corrected chi connectivity index (χ2v) is 7.08. The number of nitrogens with one attached hydrogen (secondary N) is 1. The first kappa shape index (κ1) is 12.6. The molecular weight excluding hydrogens is 266 g/mol. The van der Waals surface area contributed by atoms with Gasteiger partial charge in [0.05, 0.1) is 15.7 Å². The molecule has 4 heteroatoms. The number of nitrogens with zero attached hydrogens (tertiary/aromatic N) is 2. The van der Waals surface area contributed by atoms with Crippen LogP contribution in [0.2, 0.25) is 0 Å². The van der Waals surface area contributed by atoms with Crippen LogP contribution in [0.5, 0.6) is 0 Å². The maximum atomic E-state index is 4.38. The zero-order chi connectivity index (χ0) is 13.4. The molecule has 1 aliphatic heterocycles. The van der Waals surface area contributed by atoms with Gasteiger partial charge in [-0.15, -0.1) is 11.3 Å². The lowest BCUT2D eigenvalue weighted by atomic mass is 9.80. The summed E-state index contributed by atoms with van der Waals surface area (Å²) in [4.78, 5) is 6.95. The molecule has 1 aromatic heterocycles. The second-order valence-electron chi connectivity index (χ2n) is 6.19. The van der Waals surface area contributed by atoms with Crippen LogP contribution in [0.25, 0.3) is 10.2 Å². The highest BCUT2D eigenvalue weighted by molar-refractivity contribution is 7.16. The third-order valence-corrected chi connectivity index (χ3v) is 5.66. The lowest BCUT2D eigenvalue weighted by molar-refractivity contribution is 0.216. The molecule has 0 bridgehead atoms. The molecule has 1 spiro atoms. The van der Waals surface area contributed by atoms with E-state index in [4.69, 9.17) is 0 Å². The molecule has 20 heavy (non-hydrogen) atoms. The van der Waals surface area contributed by atoms with Crippen molar-refractivity contribution in [3.05, 3.63) is 23.7 Å². The van der Waals surface area contributed by atoms with Crippen LogP contribution in [-0.2, 0) is 0 Å². The Bertz CT molecular complexity index is 595. The summed E-state index contributed by atoms with van der Waals surface area (Å²) in [5.41, 5.74) is 4.81. The van der Waals surface area contributed by atoms with E-state index >= 15 is 0 Å². The zero-order valence-corrected chi connectivity index (χ0v) is 12.6. The van der Waals surface area contributed by atoms with Crippen molar-refractivity contribution >= 4 is 27.2 Å². The summed E-state index contributed by atoms with van der Waals surface area (Å²) in [6.07, 6.45) is 6.86. The van der Waals surface area contributed by atoms with Gasteiger partial charge in [0.25, 0.3) is 0 Å². The highest BCUT2D eigenvalue weighted by Gasteiger charge is 2.36. The van der Waals surface area contributed by atoms with Crippen LogP contribution in [-0.4, -0.2) is 30.2 Å². The first-order chi connectivity index (χ1) is 9.85. The summed E-state index contributed by atoms with van der Waals surface area (Å²) in [6, 6.07) is 6.72. The third kappa shape index (κ3) is 2.21. The molecule has 1 saturated heterocycles. The van der Waals surface area contributed by atoms with E-state index in [9.17, 15) is 0 Å². The molecule has 0 radical (unpaired) electrons. The number of anilines is 1. The predicted molar refractivity (Wildman–Crippen MR) is 85.7 cm³/mol. The van der Waals surface area contributed by atoms with Crippen molar-refractivity contribution in [3.8, 4) is 0 Å². The van der Waals surface area contributed by atoms with Gasteiger partial charge in [0, 0.05) is 30.9 Å². The Labute approximate surface area is 124 Å². The van der Waals surface area contributed by atoms with E-state index in [0.717, 1.165) is 25.2 Å². The van der Waals surface area contributed by atoms with E-state index in [1.54, 1.807) is 11.3 Å². The van der Waals surface area contributed by atoms with E-state index in [2.05, 4.69) is 33.4 Å². The lowest BCUT2D eigenvalue weighted by Crippen LogP contribution is -2.61. The van der Waals surface area contributed by atoms with Crippen molar-refractivity contribution in [1.29, 1.82) is 0 Å². The molecule has 1 aromatic carbocycles. The van der Waals surface area contributed by atoms with Crippen molar-refractivity contribution in [3.63, 3.8) is 0 Å². The van der Waals surface area contributed by atoms with Gasteiger partial charge in [0.1, 0.15) is 0 Å². The fourth-order valence-electron chi connectivity index (χ4n) is 3.78. The van der Waals surface area contributed by atoms with Gasteiger partial charge >= 0.3 is 0 Å². The van der Waals surface area contributed by atoms with Gasteiger partial charge in [-0.3, -0.25) is 0 Å². The summed E-state index contributed by atoms with van der Waals surface area (Å²) < 4.78 is 1.30. The normalized spacial score (nSPS) is 22.5. The van der Waals surface area contributed by atoms with Crippen molar-refractivity contribution in [1.82, 2.24) is 10.3 Å². The van der Waals surface area contributed by atoms with Crippen molar-refractivity contribution in [2.24, 2.45) is 0 Å². The second kappa shape index (κ2) is 5.01. The Balaban J connectivity index is 1.60. The van der Waals surface area contributed by atoms with Crippen LogP contribution in [0.1, 0.15) is 32.1 Å². The first-order valence-electron chi connectivity index (χ1n) is 7.68. The SMILES string of the molecule is c1nc2ccc(N3CCNC4(CCCCC4)C3)cc2s1. The number of fused-ring (bicyclic) bond motifs is 1. The molecule has 0 amide bonds. The Hall–Kier alpha value is -1.13. The Kier molecular flexibility index (Phi) is 3.15. The molecule has 1 aliphatic carbocycles. The van der Waals surface area contributed by atoms with Crippen molar-refractivity contribution < 1.29 is 0 Å². The minimum Gasteiger partial charge on any atom is -0.368 e. The number of rotatable bonds is 1. The number of hydrogen-bond acceptors (Lipinski definition) is 4. The molecule has 3 nitrogen and oxygen atoms in total. The van der Waals surface area contributed by atoms with Gasteiger partial charge in [-0.25, -0.2) is 4.98 Å². The summed E-state index contributed by atoms with van der Waals surface area (Å²) in [5.74, 6) is 0. The maximum absolute atomic E-state index is 4.38. The monoisotopic (exact) mass is 287 g/mol. The minimum atomic E-state index is 0.374. The van der Waals surface area contributed by atoms with E-state index in [0.29, 0.717) is 5.54 Å². The van der Waals surface area contributed by atoms with Crippen LogP contribution in [0.15, 0.2) is 23.7 Å². The summed E-state index contributed by atoms with van der Waals surface area (Å²) in [5, 5.41) is 3.81. The maximum Gasteiger partial charge on any atom is 0.0813 e. The van der Waals surface area contributed by atoms with Crippen LogP contribution in [0.4, 0.5) is 5.69 Å². The predicted octanol–water partition coefficient (Wildman–Crippen LogP) is 3.41. The van der Waals surface area contributed by atoms with Crippen molar-refractivity contribution in [2.45, 2.75) is 37.6 Å². The Morgan fingerprint density at radius 3 is 3.00 bits per heavy atom. The minimum absolute atomic E-state index is 0.374. The average Bonchev–Trinajstić information content (AvgIpc) is 2.95. The van der Waals surface area contributed by atoms with Crippen LogP contribution in [0.3, 0.4) is 0 Å². The Morgan fingerprint density at radius 2 is 2.10 bits per heavy atom. The van der Waals surface area contributed by atoms with Gasteiger partial charge < -0.3 is 10.2 Å². The molecule has 4 rings (SSSR count). The number of hydrogen-bond donors (Lipinski definition) is 1. The summed E-state index contributed by atoms with van der Waals surface area (Å²) in [7, 11) is 0. The molecule has 2 aromatic rings. The van der Waals surface area contributed by atoms with Gasteiger partial charge in [-0.1, -0.05) is 19.3 Å². The standard InChI is InChI=1S/C16H21N3S/c1-2-6-16(7-3-1)11-19(9-8-18-16)13-4-5-14-15(10-13)20-12-17-14/h4-5,10,12,18H,1-3,6-9,11H2. The van der Waals surface area contributed by atoms with Gasteiger partial charge in [-0.2, -0.15) is 0 Å². The molecule has 0 unspecified atom stereocenters. The molecule has 2 aliphatic rings. The number of thiazole rings is 1. The van der Waals surface area contributed by atoms with E-state index < -0.39 is 0 Å². The summed E-state index contributed by atoms with van der Waals surface area (Å²) >= 11 is 1.74. The van der Waals surface area contributed by atoms with Crippen LogP contribution < -0.4 is 10.2 Å². The van der Waals surface area contributed by atoms with E-state index in [1.807, 2.05) is 5.51 Å². The fraction of sp³-hybridized carbons (Fsp3) is 0.562. The molecule has 2 fully saturated rings. The largest absolute Gasteiger partial charge is 0.368 e. The quantitative estimate of drug-likeness (QED) is 0.871. The lowest BCUT2D eigenvalue weighted by Gasteiger charge is -2.47. The molecule has 2 heterocycles.